The van der Waals surface area contributed by atoms with Gasteiger partial charge in [-0.15, -0.1) is 0 Å². The molecule has 1 aliphatic heterocycles. The van der Waals surface area contributed by atoms with Crippen LogP contribution in [0.5, 0.6) is 5.88 Å². The Kier molecular flexibility index (Phi) is 15.7. The van der Waals surface area contributed by atoms with Gasteiger partial charge in [-0.25, -0.2) is 29.3 Å². The van der Waals surface area contributed by atoms with Crippen LogP contribution in [0.15, 0.2) is 37.1 Å². The number of halogens is 12. The number of rotatable bonds is 9. The number of fused-ring (bicyclic) bond motifs is 1. The molecule has 5 N–H and O–H groups in total. The van der Waals surface area contributed by atoms with Crippen molar-refractivity contribution in [3.63, 3.8) is 0 Å². The Labute approximate surface area is 357 Å². The summed E-state index contributed by atoms with van der Waals surface area (Å²) in [7, 11) is 0. The zero-order valence-electron chi connectivity index (χ0n) is 33.3. The van der Waals surface area contributed by atoms with E-state index in [-0.39, 0.29) is 29.8 Å². The Balaban J connectivity index is 0.000000366. The number of alkyl halides is 12. The number of nitrogens with one attached hydrogen (secondary N) is 2. The minimum atomic E-state index is -5.08. The van der Waals surface area contributed by atoms with Crippen LogP contribution in [-0.2, 0) is 32.6 Å². The molecule has 0 unspecified atom stereocenters. The fourth-order valence-electron chi connectivity index (χ4n) is 6.38. The number of carboxylic acids is 3. The second-order valence-electron chi connectivity index (χ2n) is 15.0. The molecule has 0 atom stereocenters. The summed E-state index contributed by atoms with van der Waals surface area (Å²) in [6.07, 6.45) is -7.62. The lowest BCUT2D eigenvalue weighted by molar-refractivity contribution is -0.193. The number of hydrogen-bond donors (Lipinski definition) is 5. The quantitative estimate of drug-likeness (QED) is 0.113. The van der Waals surface area contributed by atoms with E-state index in [2.05, 4.69) is 46.3 Å². The first-order valence-electron chi connectivity index (χ1n) is 18.7. The SMILES string of the molecule is CC1(NCc2cc(O[C@H]3CC[C@@H](N4CC(CC#N)(n5cc(-c6ncnc7[nH]ccc67)cn5)C4)CC3)nc(C(F)(F)F)n2)CC1.O=C(O)C(F)(F)F.O=C(O)C(F)(F)F.O=C(O)C(F)(F)F. The van der Waals surface area contributed by atoms with E-state index in [0.717, 1.165) is 48.0 Å². The molecule has 2 aliphatic carbocycles. The number of hydrogen-bond acceptors (Lipinski definition) is 12. The van der Waals surface area contributed by atoms with E-state index in [1.165, 1.54) is 12.4 Å². The molecule has 0 aromatic carbocycles. The molecule has 65 heavy (non-hydrogen) atoms. The summed E-state index contributed by atoms with van der Waals surface area (Å²) in [5, 5.41) is 39.9. The highest BCUT2D eigenvalue weighted by molar-refractivity contribution is 5.90. The van der Waals surface area contributed by atoms with E-state index in [9.17, 15) is 57.9 Å². The summed E-state index contributed by atoms with van der Waals surface area (Å²) >= 11 is 0. The van der Waals surface area contributed by atoms with Crippen molar-refractivity contribution in [2.75, 3.05) is 13.1 Å². The molecule has 5 heterocycles. The van der Waals surface area contributed by atoms with Gasteiger partial charge in [0.15, 0.2) is 0 Å². The van der Waals surface area contributed by atoms with Crippen molar-refractivity contribution in [2.45, 2.75) is 106 Å². The minimum absolute atomic E-state index is 0.0272. The minimum Gasteiger partial charge on any atom is -0.475 e. The lowest BCUT2D eigenvalue weighted by atomic mass is 9.82. The lowest BCUT2D eigenvalue weighted by Crippen LogP contribution is -2.65. The number of ether oxygens (including phenoxy) is 1. The van der Waals surface area contributed by atoms with Crippen LogP contribution in [0.3, 0.4) is 0 Å². The molecular weight excluding hydrogens is 912 g/mol. The van der Waals surface area contributed by atoms with Crippen molar-refractivity contribution in [3.05, 3.63) is 48.6 Å². The standard InChI is InChI=1S/C30H33F3N10O.3C2HF3O2/c1-28(7-8-28)38-14-20-12-24(41-27(40-20)30(31,32)33)44-22-4-2-21(3-5-22)42-16-29(17-42,9-10-34)43-15-19(13-39-43)25-23-6-11-35-26(23)37-18-36-25;3*3-2(4,5)1(6)7/h6,11-13,15,18,21-22,38H,2-5,7-9,14,16-17H2,1H3,(H,35,36,37);3*(H,6,7)/t21-,22+;;;. The van der Waals surface area contributed by atoms with Crippen LogP contribution >= 0.6 is 0 Å². The molecule has 0 radical (unpaired) electrons. The Bertz CT molecular complexity index is 2270. The van der Waals surface area contributed by atoms with Crippen LogP contribution in [0, 0.1) is 11.3 Å². The van der Waals surface area contributed by atoms with Crippen LogP contribution in [0.1, 0.15) is 63.4 Å². The predicted molar refractivity (Wildman–Crippen MR) is 194 cm³/mol. The second kappa shape index (κ2) is 19.8. The molecule has 4 aromatic rings. The Hall–Kier alpha value is -6.31. The second-order valence-corrected chi connectivity index (χ2v) is 15.0. The highest BCUT2D eigenvalue weighted by Gasteiger charge is 2.48. The highest BCUT2D eigenvalue weighted by atomic mass is 19.4. The third kappa shape index (κ3) is 14.3. The van der Waals surface area contributed by atoms with Gasteiger partial charge in [0.2, 0.25) is 11.7 Å². The molecule has 1 saturated heterocycles. The summed E-state index contributed by atoms with van der Waals surface area (Å²) in [6.45, 7) is 3.66. The molecule has 356 valence electrons. The first-order chi connectivity index (χ1) is 30.0. The normalized spacial score (nSPS) is 19.1. The lowest BCUT2D eigenvalue weighted by Gasteiger charge is -2.53. The number of nitrogens with zero attached hydrogens (tertiary/aromatic N) is 8. The molecule has 0 spiro atoms. The van der Waals surface area contributed by atoms with Crippen LogP contribution < -0.4 is 10.1 Å². The van der Waals surface area contributed by atoms with Gasteiger partial charge in [0.1, 0.15) is 23.6 Å². The van der Waals surface area contributed by atoms with Crippen LogP contribution in [0.2, 0.25) is 0 Å². The van der Waals surface area contributed by atoms with Gasteiger partial charge in [-0.2, -0.15) is 68.0 Å². The van der Waals surface area contributed by atoms with Crippen LogP contribution in [0.4, 0.5) is 52.7 Å². The molecule has 29 heteroatoms. The molecule has 0 bridgehead atoms. The van der Waals surface area contributed by atoms with Gasteiger partial charge in [0.25, 0.3) is 0 Å². The molecule has 3 fully saturated rings. The van der Waals surface area contributed by atoms with Gasteiger partial charge in [-0.1, -0.05) is 0 Å². The van der Waals surface area contributed by atoms with Crippen molar-refractivity contribution in [1.29, 1.82) is 5.26 Å². The topological polar surface area (TPSA) is 245 Å². The summed E-state index contributed by atoms with van der Waals surface area (Å²) in [6, 6.07) is 6.10. The monoisotopic (exact) mass is 948 g/mol. The molecule has 0 amide bonds. The number of aliphatic carboxylic acids is 3. The Morgan fingerprint density at radius 1 is 0.892 bits per heavy atom. The van der Waals surface area contributed by atoms with E-state index in [1.807, 2.05) is 30.1 Å². The van der Waals surface area contributed by atoms with Gasteiger partial charge < -0.3 is 30.4 Å². The number of carbonyl (C=O) groups is 3. The molecule has 3 aliphatic rings. The van der Waals surface area contributed by atoms with E-state index < -0.39 is 54.0 Å². The molecule has 17 nitrogen and oxygen atoms in total. The summed E-state index contributed by atoms with van der Waals surface area (Å²) in [4.78, 5) is 48.3. The van der Waals surface area contributed by atoms with Gasteiger partial charge in [0.05, 0.1) is 30.1 Å². The number of likely N-dealkylation sites (tertiary alicyclic amines) is 1. The number of H-pyrrole nitrogens is 1. The summed E-state index contributed by atoms with van der Waals surface area (Å²) in [5.41, 5.74) is 2.22. The first-order valence-corrected chi connectivity index (χ1v) is 18.7. The maximum absolute atomic E-state index is 13.5. The average Bonchev–Trinajstić information content (AvgIpc) is 3.51. The molecule has 7 rings (SSSR count). The van der Waals surface area contributed by atoms with Crippen molar-refractivity contribution >= 4 is 28.9 Å². The van der Waals surface area contributed by atoms with Crippen molar-refractivity contribution in [1.82, 2.24) is 44.9 Å². The Morgan fingerprint density at radius 2 is 1.45 bits per heavy atom. The number of nitriles is 1. The third-order valence-electron chi connectivity index (χ3n) is 9.98. The first kappa shape index (κ1) is 51.3. The largest absolute Gasteiger partial charge is 0.490 e. The van der Waals surface area contributed by atoms with Gasteiger partial charge in [-0.05, 0) is 51.5 Å². The zero-order valence-corrected chi connectivity index (χ0v) is 33.3. The predicted octanol–water partition coefficient (Wildman–Crippen LogP) is 6.49. The smallest absolute Gasteiger partial charge is 0.475 e. The summed E-state index contributed by atoms with van der Waals surface area (Å²) in [5.74, 6) is -9.47. The van der Waals surface area contributed by atoms with E-state index in [0.29, 0.717) is 38.4 Å². The number of aromatic amines is 1. The van der Waals surface area contributed by atoms with E-state index in [1.54, 1.807) is 6.20 Å². The van der Waals surface area contributed by atoms with Gasteiger partial charge in [-0.3, -0.25) is 9.58 Å². The van der Waals surface area contributed by atoms with Crippen molar-refractivity contribution in [3.8, 4) is 23.2 Å². The highest BCUT2D eigenvalue weighted by Crippen LogP contribution is 2.39. The molecule has 2 saturated carbocycles. The maximum Gasteiger partial charge on any atom is 0.490 e. The average molecular weight is 949 g/mol. The Morgan fingerprint density at radius 3 is 1.94 bits per heavy atom. The number of aromatic nitrogens is 7. The van der Waals surface area contributed by atoms with Crippen LogP contribution in [-0.4, -0.2) is 122 Å². The molecular formula is C36H36F12N10O7. The van der Waals surface area contributed by atoms with E-state index >= 15 is 0 Å². The number of carboxylic acid groups (broad SMARTS) is 3. The van der Waals surface area contributed by atoms with Gasteiger partial charge >= 0.3 is 42.6 Å². The van der Waals surface area contributed by atoms with Crippen molar-refractivity contribution < 1.29 is 87.1 Å². The maximum atomic E-state index is 13.5. The van der Waals surface area contributed by atoms with E-state index in [4.69, 9.17) is 34.4 Å². The van der Waals surface area contributed by atoms with Crippen molar-refractivity contribution in [2.24, 2.45) is 0 Å². The van der Waals surface area contributed by atoms with Crippen LogP contribution in [0.25, 0.3) is 22.3 Å². The van der Waals surface area contributed by atoms with Gasteiger partial charge in [0, 0.05) is 60.6 Å². The molecule has 4 aromatic heterocycles. The third-order valence-corrected chi connectivity index (χ3v) is 9.98. The summed E-state index contributed by atoms with van der Waals surface area (Å²) < 4.78 is 144. The zero-order chi connectivity index (χ0) is 48.8. The fourth-order valence-corrected chi connectivity index (χ4v) is 6.38. The fraction of sp³-hybridized carbons (Fsp3) is 0.528.